The summed E-state index contributed by atoms with van der Waals surface area (Å²) in [5.41, 5.74) is 14.9. The van der Waals surface area contributed by atoms with E-state index in [1.54, 1.807) is 6.92 Å². The van der Waals surface area contributed by atoms with Crippen LogP contribution in [0.3, 0.4) is 0 Å². The van der Waals surface area contributed by atoms with Gasteiger partial charge in [-0.25, -0.2) is 0 Å². The zero-order valence-corrected chi connectivity index (χ0v) is 26.7. The molecule has 0 saturated carbocycles. The second kappa shape index (κ2) is 18.2. The second-order valence-electron chi connectivity index (χ2n) is 9.88. The van der Waals surface area contributed by atoms with Gasteiger partial charge in [-0.05, 0) is 87.9 Å². The van der Waals surface area contributed by atoms with Crippen LogP contribution in [0.4, 0.5) is 5.69 Å². The summed E-state index contributed by atoms with van der Waals surface area (Å²) >= 11 is 3.79. The standard InChI is InChI=1S/C24H24N2O.C6H15NO.C2H6S.CH3NO/c1-5-18-15(3)22(25-16(18)4)13-20-23-19(17-11-9-14(2)10-12-17)7-6-8-21(23)26-24(20)27;1-4-7(3)5-6(2)8;1-2-3;2-1-3/h6-13,25H,5H2,1-4H3,(H,26,27);6,8H,4-5H2,1-3H3;3H,2H2,1H3;1H,(H2,2,3)/b20-13-;;;. The molecular weight excluding hydrogens is 532 g/mol. The molecule has 1 aliphatic heterocycles. The molecule has 8 heteroatoms. The van der Waals surface area contributed by atoms with Crippen LogP contribution in [-0.2, 0) is 16.0 Å². The van der Waals surface area contributed by atoms with Gasteiger partial charge < -0.3 is 26.0 Å². The van der Waals surface area contributed by atoms with E-state index in [2.05, 4.69) is 98.5 Å². The van der Waals surface area contributed by atoms with Crippen LogP contribution in [0.2, 0.25) is 0 Å². The molecule has 0 bridgehead atoms. The largest absolute Gasteiger partial charge is 0.392 e. The van der Waals surface area contributed by atoms with Crippen molar-refractivity contribution in [3.05, 3.63) is 76.1 Å². The molecular formula is C33H48N4O3S. The minimum atomic E-state index is -0.194. The van der Waals surface area contributed by atoms with Gasteiger partial charge in [0.1, 0.15) is 0 Å². The Balaban J connectivity index is 0.000000504. The number of aliphatic hydroxyl groups excluding tert-OH is 1. The van der Waals surface area contributed by atoms with Crippen LogP contribution in [0.15, 0.2) is 42.5 Å². The van der Waals surface area contributed by atoms with Crippen molar-refractivity contribution in [3.8, 4) is 11.1 Å². The van der Waals surface area contributed by atoms with Gasteiger partial charge in [-0.15, -0.1) is 0 Å². The van der Waals surface area contributed by atoms with E-state index >= 15 is 0 Å². The summed E-state index contributed by atoms with van der Waals surface area (Å²) in [6, 6.07) is 14.5. The first-order valence-electron chi connectivity index (χ1n) is 14.0. The Hall–Kier alpha value is -3.33. The van der Waals surface area contributed by atoms with Crippen molar-refractivity contribution < 1.29 is 14.7 Å². The van der Waals surface area contributed by atoms with E-state index in [0.29, 0.717) is 5.57 Å². The third-order valence-corrected chi connectivity index (χ3v) is 6.58. The second-order valence-corrected chi connectivity index (χ2v) is 10.5. The van der Waals surface area contributed by atoms with Crippen molar-refractivity contribution in [3.63, 3.8) is 0 Å². The number of hydrogen-bond donors (Lipinski definition) is 5. The molecule has 0 saturated heterocycles. The predicted octanol–water partition coefficient (Wildman–Crippen LogP) is 6.02. The maximum atomic E-state index is 12.8. The van der Waals surface area contributed by atoms with Gasteiger partial charge in [0.05, 0.1) is 11.7 Å². The van der Waals surface area contributed by atoms with E-state index in [-0.39, 0.29) is 18.4 Å². The zero-order chi connectivity index (χ0) is 31.1. The number of aryl methyl sites for hydroxylation is 2. The number of amides is 2. The lowest BCUT2D eigenvalue weighted by molar-refractivity contribution is -0.110. The number of rotatable bonds is 6. The highest BCUT2D eigenvalue weighted by atomic mass is 32.1. The molecule has 0 spiro atoms. The molecule has 0 radical (unpaired) electrons. The van der Waals surface area contributed by atoms with E-state index < -0.39 is 0 Å². The van der Waals surface area contributed by atoms with Crippen molar-refractivity contribution in [2.75, 3.05) is 31.2 Å². The number of hydrogen-bond acceptors (Lipinski definition) is 5. The van der Waals surface area contributed by atoms with E-state index in [0.717, 1.165) is 53.3 Å². The number of anilines is 1. The summed E-state index contributed by atoms with van der Waals surface area (Å²) in [5.74, 6) is 0.897. The lowest BCUT2D eigenvalue weighted by Gasteiger charge is -2.14. The van der Waals surface area contributed by atoms with Gasteiger partial charge in [0.25, 0.3) is 5.91 Å². The molecule has 0 fully saturated rings. The first-order valence-corrected chi connectivity index (χ1v) is 14.7. The van der Waals surface area contributed by atoms with Gasteiger partial charge >= 0.3 is 0 Å². The predicted molar refractivity (Wildman–Crippen MR) is 177 cm³/mol. The number of nitrogens with one attached hydrogen (secondary N) is 2. The van der Waals surface area contributed by atoms with Gasteiger partial charge in [-0.1, -0.05) is 62.7 Å². The molecule has 2 aromatic carbocycles. The number of fused-ring (bicyclic) bond motifs is 1. The number of carbonyl (C=O) groups is 2. The van der Waals surface area contributed by atoms with Crippen LogP contribution in [0.1, 0.15) is 61.3 Å². The van der Waals surface area contributed by atoms with Gasteiger partial charge in [-0.3, -0.25) is 9.59 Å². The average molecular weight is 581 g/mol. The molecule has 1 unspecified atom stereocenters. The first-order chi connectivity index (χ1) is 19.5. The number of primary amides is 1. The first kappa shape index (κ1) is 35.7. The van der Waals surface area contributed by atoms with E-state index in [1.165, 1.54) is 22.4 Å². The molecule has 7 nitrogen and oxygen atoms in total. The van der Waals surface area contributed by atoms with Crippen LogP contribution in [0.5, 0.6) is 0 Å². The minimum Gasteiger partial charge on any atom is -0.392 e. The number of carbonyl (C=O) groups excluding carboxylic acids is 2. The van der Waals surface area contributed by atoms with Crippen molar-refractivity contribution in [1.29, 1.82) is 0 Å². The molecule has 2 amide bonds. The molecule has 5 N–H and O–H groups in total. The van der Waals surface area contributed by atoms with Gasteiger partial charge in [-0.2, -0.15) is 12.6 Å². The van der Waals surface area contributed by atoms with Crippen LogP contribution < -0.4 is 11.1 Å². The number of nitrogens with two attached hydrogens (primary N) is 1. The number of H-pyrrole nitrogens is 1. The van der Waals surface area contributed by atoms with Crippen LogP contribution in [-0.4, -0.2) is 59.3 Å². The normalized spacial score (nSPS) is 13.1. The number of likely N-dealkylation sites (N-methyl/N-ethyl adjacent to an activating group) is 1. The number of nitrogens with zero attached hydrogens (tertiary/aromatic N) is 1. The summed E-state index contributed by atoms with van der Waals surface area (Å²) in [6.07, 6.45) is 3.04. The van der Waals surface area contributed by atoms with Crippen molar-refractivity contribution in [1.82, 2.24) is 9.88 Å². The summed E-state index contributed by atoms with van der Waals surface area (Å²) in [5, 5.41) is 11.8. The molecule has 0 aliphatic carbocycles. The number of thiol groups is 1. The Labute approximate surface area is 251 Å². The SMILES string of the molecule is CCN(C)CC(C)O.CCS.CCc1c(C)[nH]c(/C=C2\C(=O)Nc3cccc(-c4ccc(C)cc4)c32)c1C.NC=O. The molecule has 2 heterocycles. The van der Waals surface area contributed by atoms with Crippen LogP contribution >= 0.6 is 12.6 Å². The highest BCUT2D eigenvalue weighted by Gasteiger charge is 2.27. The van der Waals surface area contributed by atoms with Crippen molar-refractivity contribution in [2.45, 2.75) is 61.0 Å². The third-order valence-electron chi connectivity index (χ3n) is 6.58. The summed E-state index contributed by atoms with van der Waals surface area (Å²) < 4.78 is 0. The van der Waals surface area contributed by atoms with E-state index in [1.807, 2.05) is 32.2 Å². The molecule has 224 valence electrons. The Bertz CT molecular complexity index is 1280. The third kappa shape index (κ3) is 10.5. The highest BCUT2D eigenvalue weighted by molar-refractivity contribution is 7.80. The van der Waals surface area contributed by atoms with Gasteiger partial charge in [0.2, 0.25) is 6.41 Å². The molecule has 1 atom stereocenters. The maximum Gasteiger partial charge on any atom is 0.256 e. The Morgan fingerprint density at radius 3 is 2.12 bits per heavy atom. The minimum absolute atomic E-state index is 0.0470. The summed E-state index contributed by atoms with van der Waals surface area (Å²) in [7, 11) is 1.99. The van der Waals surface area contributed by atoms with Crippen LogP contribution in [0.25, 0.3) is 22.8 Å². The summed E-state index contributed by atoms with van der Waals surface area (Å²) in [4.78, 5) is 26.9. The van der Waals surface area contributed by atoms with E-state index in [4.69, 9.17) is 9.90 Å². The molecule has 1 aliphatic rings. The Morgan fingerprint density at radius 2 is 1.66 bits per heavy atom. The van der Waals surface area contributed by atoms with Gasteiger partial charge in [0.15, 0.2) is 0 Å². The smallest absolute Gasteiger partial charge is 0.256 e. The Kier molecular flexibility index (Phi) is 15.8. The average Bonchev–Trinajstić information content (AvgIpc) is 3.39. The highest BCUT2D eigenvalue weighted by Crippen LogP contribution is 2.40. The van der Waals surface area contributed by atoms with Crippen molar-refractivity contribution >= 4 is 42.3 Å². The zero-order valence-electron chi connectivity index (χ0n) is 25.8. The number of aromatic amines is 1. The number of aromatic nitrogens is 1. The lowest BCUT2D eigenvalue weighted by Crippen LogP contribution is -2.26. The molecule has 3 aromatic rings. The van der Waals surface area contributed by atoms with Gasteiger partial charge in [0, 0.05) is 29.2 Å². The Morgan fingerprint density at radius 1 is 1.07 bits per heavy atom. The van der Waals surface area contributed by atoms with Crippen LogP contribution in [0, 0.1) is 20.8 Å². The monoisotopic (exact) mass is 580 g/mol. The molecule has 4 rings (SSSR count). The fourth-order valence-corrected chi connectivity index (χ4v) is 4.58. The fourth-order valence-electron chi connectivity index (χ4n) is 4.58. The quantitative estimate of drug-likeness (QED) is 0.139. The molecule has 41 heavy (non-hydrogen) atoms. The number of aliphatic hydroxyl groups is 1. The van der Waals surface area contributed by atoms with Crippen molar-refractivity contribution in [2.24, 2.45) is 5.73 Å². The fraction of sp³-hybridized carbons (Fsp3) is 0.394. The molecule has 1 aromatic heterocycles. The number of benzene rings is 2. The topological polar surface area (TPSA) is 111 Å². The maximum absolute atomic E-state index is 12.8. The lowest BCUT2D eigenvalue weighted by atomic mass is 9.93. The van der Waals surface area contributed by atoms with E-state index in [9.17, 15) is 4.79 Å². The summed E-state index contributed by atoms with van der Waals surface area (Å²) in [6.45, 7) is 16.1.